The summed E-state index contributed by atoms with van der Waals surface area (Å²) in [6.45, 7) is 4.95. The van der Waals surface area contributed by atoms with Gasteiger partial charge in [0, 0.05) is 23.4 Å². The lowest BCUT2D eigenvalue weighted by molar-refractivity contribution is 0.401. The Hall–Kier alpha value is -0.410. The highest BCUT2D eigenvalue weighted by Crippen LogP contribution is 2.14. The highest BCUT2D eigenvalue weighted by atomic mass is 79.9. The van der Waals surface area contributed by atoms with Crippen molar-refractivity contribution in [1.82, 2.24) is 9.88 Å². The Kier molecular flexibility index (Phi) is 6.82. The summed E-state index contributed by atoms with van der Waals surface area (Å²) in [6.07, 6.45) is 3.63. The van der Waals surface area contributed by atoms with Gasteiger partial charge in [-0.25, -0.2) is 0 Å². The van der Waals surface area contributed by atoms with Crippen molar-refractivity contribution in [1.29, 1.82) is 0 Å². The van der Waals surface area contributed by atoms with Crippen LogP contribution in [0.15, 0.2) is 22.9 Å². The topological polar surface area (TPSA) is 16.1 Å². The Labute approximate surface area is 89.1 Å². The van der Waals surface area contributed by atoms with Crippen LogP contribution in [0.1, 0.15) is 19.4 Å². The van der Waals surface area contributed by atoms with Crippen molar-refractivity contribution in [2.45, 2.75) is 20.4 Å². The van der Waals surface area contributed by atoms with Gasteiger partial charge in [-0.1, -0.05) is 13.8 Å². The summed E-state index contributed by atoms with van der Waals surface area (Å²) in [4.78, 5) is 6.11. The number of hydrogen-bond donors (Lipinski definition) is 0. The first kappa shape index (κ1) is 12.6. The van der Waals surface area contributed by atoms with E-state index in [1.807, 2.05) is 46.4 Å². The molecule has 0 radical (unpaired) electrons. The molecule has 0 aromatic carbocycles. The Morgan fingerprint density at radius 3 is 2.46 bits per heavy atom. The number of hydrogen-bond acceptors (Lipinski definition) is 2. The largest absolute Gasteiger partial charge is 0.305 e. The zero-order chi connectivity index (χ0) is 10.3. The van der Waals surface area contributed by atoms with Gasteiger partial charge >= 0.3 is 0 Å². The average molecular weight is 245 g/mol. The number of rotatable bonds is 2. The third-order valence-corrected chi connectivity index (χ3v) is 2.06. The van der Waals surface area contributed by atoms with E-state index in [-0.39, 0.29) is 0 Å². The van der Waals surface area contributed by atoms with Crippen molar-refractivity contribution in [3.05, 3.63) is 28.5 Å². The molecule has 2 nitrogen and oxygen atoms in total. The monoisotopic (exact) mass is 244 g/mol. The summed E-state index contributed by atoms with van der Waals surface area (Å²) in [7, 11) is 4.10. The van der Waals surface area contributed by atoms with E-state index in [4.69, 9.17) is 0 Å². The molecule has 0 fully saturated rings. The summed E-state index contributed by atoms with van der Waals surface area (Å²) >= 11 is 3.44. The van der Waals surface area contributed by atoms with Crippen LogP contribution in [0.5, 0.6) is 0 Å². The SMILES string of the molecule is CC.CN(C)Cc1ccncc1Br. The third kappa shape index (κ3) is 5.01. The first-order valence-corrected chi connectivity index (χ1v) is 5.22. The molecule has 0 aliphatic carbocycles. The second-order valence-electron chi connectivity index (χ2n) is 2.70. The fourth-order valence-electron chi connectivity index (χ4n) is 0.873. The highest BCUT2D eigenvalue weighted by molar-refractivity contribution is 9.10. The average Bonchev–Trinajstić information content (AvgIpc) is 2.12. The van der Waals surface area contributed by atoms with Crippen LogP contribution in [0, 0.1) is 0 Å². The van der Waals surface area contributed by atoms with Crippen LogP contribution in [0.3, 0.4) is 0 Å². The van der Waals surface area contributed by atoms with E-state index in [1.54, 1.807) is 0 Å². The summed E-state index contributed by atoms with van der Waals surface area (Å²) in [5.41, 5.74) is 1.27. The van der Waals surface area contributed by atoms with Crippen LogP contribution >= 0.6 is 15.9 Å². The van der Waals surface area contributed by atoms with Gasteiger partial charge in [0.2, 0.25) is 0 Å². The van der Waals surface area contributed by atoms with Crippen LogP contribution in [-0.2, 0) is 6.54 Å². The Bertz CT molecular complexity index is 236. The van der Waals surface area contributed by atoms with E-state index in [1.165, 1.54) is 5.56 Å². The lowest BCUT2D eigenvalue weighted by Gasteiger charge is -2.09. The molecule has 0 saturated carbocycles. The lowest BCUT2D eigenvalue weighted by Crippen LogP contribution is -2.10. The normalized spacial score (nSPS) is 9.38. The van der Waals surface area contributed by atoms with Crippen LogP contribution in [0.25, 0.3) is 0 Å². The van der Waals surface area contributed by atoms with E-state index >= 15 is 0 Å². The number of aromatic nitrogens is 1. The van der Waals surface area contributed by atoms with Gasteiger partial charge in [0.05, 0.1) is 0 Å². The molecule has 1 heterocycles. The van der Waals surface area contributed by atoms with Gasteiger partial charge in [-0.2, -0.15) is 0 Å². The smallest absolute Gasteiger partial charge is 0.0413 e. The molecule has 0 aliphatic heterocycles. The van der Waals surface area contributed by atoms with Crippen molar-refractivity contribution in [3.8, 4) is 0 Å². The summed E-state index contributed by atoms with van der Waals surface area (Å²) in [5.74, 6) is 0. The van der Waals surface area contributed by atoms with Gasteiger partial charge in [-0.05, 0) is 41.7 Å². The van der Waals surface area contributed by atoms with Crippen molar-refractivity contribution in [2.24, 2.45) is 0 Å². The molecule has 0 N–H and O–H groups in total. The van der Waals surface area contributed by atoms with Gasteiger partial charge in [-0.3, -0.25) is 4.98 Å². The maximum atomic E-state index is 3.99. The second-order valence-corrected chi connectivity index (χ2v) is 3.56. The van der Waals surface area contributed by atoms with Crippen molar-refractivity contribution >= 4 is 15.9 Å². The lowest BCUT2D eigenvalue weighted by atomic mass is 10.2. The molecular formula is C10H17BrN2. The van der Waals surface area contributed by atoms with E-state index in [0.717, 1.165) is 11.0 Å². The van der Waals surface area contributed by atoms with Crippen molar-refractivity contribution < 1.29 is 0 Å². The quantitative estimate of drug-likeness (QED) is 0.796. The van der Waals surface area contributed by atoms with Gasteiger partial charge < -0.3 is 4.90 Å². The number of halogens is 1. The van der Waals surface area contributed by atoms with Crippen LogP contribution in [-0.4, -0.2) is 24.0 Å². The minimum absolute atomic E-state index is 0.948. The van der Waals surface area contributed by atoms with Crippen LogP contribution in [0.2, 0.25) is 0 Å². The van der Waals surface area contributed by atoms with Gasteiger partial charge in [0.25, 0.3) is 0 Å². The van der Waals surface area contributed by atoms with E-state index in [2.05, 4.69) is 25.8 Å². The van der Waals surface area contributed by atoms with Crippen molar-refractivity contribution in [2.75, 3.05) is 14.1 Å². The predicted octanol–water partition coefficient (Wildman–Crippen LogP) is 2.93. The molecule has 0 atom stereocenters. The summed E-state index contributed by atoms with van der Waals surface area (Å²) in [5, 5.41) is 0. The molecule has 74 valence electrons. The molecule has 0 spiro atoms. The zero-order valence-corrected chi connectivity index (χ0v) is 10.3. The standard InChI is InChI=1S/C8H11BrN2.C2H6/c1-11(2)6-7-3-4-10-5-8(7)9;1-2/h3-5H,6H2,1-2H3;1-2H3. The third-order valence-electron chi connectivity index (χ3n) is 1.34. The second kappa shape index (κ2) is 7.04. The maximum absolute atomic E-state index is 3.99. The molecule has 1 rings (SSSR count). The van der Waals surface area contributed by atoms with Gasteiger partial charge in [0.1, 0.15) is 0 Å². The minimum atomic E-state index is 0.948. The first-order valence-electron chi connectivity index (χ1n) is 4.43. The van der Waals surface area contributed by atoms with Gasteiger partial charge in [0.15, 0.2) is 0 Å². The Morgan fingerprint density at radius 2 is 2.00 bits per heavy atom. The molecule has 0 saturated heterocycles. The molecule has 13 heavy (non-hydrogen) atoms. The summed E-state index contributed by atoms with van der Waals surface area (Å²) < 4.78 is 1.08. The van der Waals surface area contributed by atoms with Gasteiger partial charge in [-0.15, -0.1) is 0 Å². The first-order chi connectivity index (χ1) is 6.20. The fourth-order valence-corrected chi connectivity index (χ4v) is 1.25. The molecule has 1 aromatic rings. The molecule has 3 heteroatoms. The highest BCUT2D eigenvalue weighted by Gasteiger charge is 1.98. The summed E-state index contributed by atoms with van der Waals surface area (Å²) in [6, 6.07) is 2.02. The van der Waals surface area contributed by atoms with E-state index in [9.17, 15) is 0 Å². The molecular weight excluding hydrogens is 228 g/mol. The zero-order valence-electron chi connectivity index (χ0n) is 8.71. The fraction of sp³-hybridized carbons (Fsp3) is 0.500. The van der Waals surface area contributed by atoms with Crippen LogP contribution < -0.4 is 0 Å². The molecule has 1 aromatic heterocycles. The van der Waals surface area contributed by atoms with Crippen LogP contribution in [0.4, 0.5) is 0 Å². The van der Waals surface area contributed by atoms with E-state index in [0.29, 0.717) is 0 Å². The Balaban J connectivity index is 0.000000671. The molecule has 0 unspecified atom stereocenters. The molecule has 0 aliphatic rings. The maximum Gasteiger partial charge on any atom is 0.0413 e. The number of pyridine rings is 1. The molecule has 0 amide bonds. The van der Waals surface area contributed by atoms with Crippen molar-refractivity contribution in [3.63, 3.8) is 0 Å². The van der Waals surface area contributed by atoms with E-state index < -0.39 is 0 Å². The Morgan fingerprint density at radius 1 is 1.38 bits per heavy atom. The number of nitrogens with zero attached hydrogens (tertiary/aromatic N) is 2. The molecule has 0 bridgehead atoms. The predicted molar refractivity (Wildman–Crippen MR) is 60.7 cm³/mol. The minimum Gasteiger partial charge on any atom is -0.305 e.